The standard InChI is InChI=1S/C41H66N10O13/c1-18(2)14-27(47-33(55)20(5)42)37(59)48-28(16-25-10-12-26(53)13-11-25)38(60)49-29(17-31(43)54)39(61)51-32(24(9)52)40(62)46-22(7)35(57)44-21(6)34(56)45-23(8)36(58)50-30(41(63)64)15-19(3)4/h10-13,18-24,27-30,32,52-53H,14-17,42H2,1-9H3,(H2,43,54)(H,44,57)(H,45,56)(H,46,62)(H,47,55)(H,48,59)(H,49,60)(H,50,58)(H,51,61)(H,63,64)/t20-,21-,22-,23-,24+,27-,28-,29-,30-,32-/m0/s1. The topological polar surface area (TPSA) is 380 Å². The van der Waals surface area contributed by atoms with Gasteiger partial charge in [-0.3, -0.25) is 43.2 Å². The molecule has 0 heterocycles. The van der Waals surface area contributed by atoms with Crippen LogP contribution in [0.15, 0.2) is 24.3 Å². The number of phenolic OH excluding ortho intramolecular Hbond substituents is 1. The van der Waals surface area contributed by atoms with Crippen molar-refractivity contribution in [1.29, 1.82) is 0 Å². The van der Waals surface area contributed by atoms with Crippen molar-refractivity contribution in [2.45, 2.75) is 148 Å². The molecule has 1 aromatic carbocycles. The van der Waals surface area contributed by atoms with Crippen LogP contribution in [0.2, 0.25) is 0 Å². The zero-order chi connectivity index (χ0) is 49.2. The molecule has 15 N–H and O–H groups in total. The van der Waals surface area contributed by atoms with Gasteiger partial charge < -0.3 is 69.3 Å². The zero-order valence-electron chi connectivity index (χ0n) is 37.6. The van der Waals surface area contributed by atoms with Crippen LogP contribution in [0.1, 0.15) is 87.1 Å². The van der Waals surface area contributed by atoms with Gasteiger partial charge >= 0.3 is 5.97 Å². The van der Waals surface area contributed by atoms with Gasteiger partial charge in [-0.15, -0.1) is 0 Å². The average Bonchev–Trinajstić information content (AvgIpc) is 3.18. The number of hydrogen-bond donors (Lipinski definition) is 13. The zero-order valence-corrected chi connectivity index (χ0v) is 37.6. The fourth-order valence-electron chi connectivity index (χ4n) is 5.86. The average molecular weight is 907 g/mol. The minimum atomic E-state index is -1.79. The van der Waals surface area contributed by atoms with Gasteiger partial charge in [-0.1, -0.05) is 39.8 Å². The third-order valence-electron chi connectivity index (χ3n) is 9.44. The highest BCUT2D eigenvalue weighted by Crippen LogP contribution is 2.13. The molecule has 23 heteroatoms. The van der Waals surface area contributed by atoms with Crippen LogP contribution in [-0.4, -0.2) is 135 Å². The highest BCUT2D eigenvalue weighted by molar-refractivity contribution is 5.99. The van der Waals surface area contributed by atoms with Crippen molar-refractivity contribution in [3.8, 4) is 5.75 Å². The van der Waals surface area contributed by atoms with Crippen LogP contribution in [0, 0.1) is 11.8 Å². The number of hydrogen-bond acceptors (Lipinski definition) is 13. The lowest BCUT2D eigenvalue weighted by molar-refractivity contribution is -0.142. The van der Waals surface area contributed by atoms with Crippen molar-refractivity contribution in [2.75, 3.05) is 0 Å². The van der Waals surface area contributed by atoms with Gasteiger partial charge in [0.05, 0.1) is 18.6 Å². The third kappa shape index (κ3) is 19.8. The Morgan fingerprint density at radius 2 is 0.906 bits per heavy atom. The largest absolute Gasteiger partial charge is 0.508 e. The Bertz CT molecular complexity index is 1820. The molecule has 0 aliphatic heterocycles. The molecule has 0 unspecified atom stereocenters. The van der Waals surface area contributed by atoms with Crippen molar-refractivity contribution >= 4 is 59.1 Å². The first-order chi connectivity index (χ1) is 29.6. The monoisotopic (exact) mass is 906 g/mol. The fraction of sp³-hybridized carbons (Fsp3) is 0.610. The van der Waals surface area contributed by atoms with Crippen molar-refractivity contribution in [3.05, 3.63) is 29.8 Å². The third-order valence-corrected chi connectivity index (χ3v) is 9.44. The van der Waals surface area contributed by atoms with Crippen molar-refractivity contribution in [1.82, 2.24) is 42.5 Å². The van der Waals surface area contributed by atoms with Gasteiger partial charge in [-0.2, -0.15) is 0 Å². The van der Waals surface area contributed by atoms with E-state index in [0.29, 0.717) is 5.56 Å². The van der Waals surface area contributed by atoms with Gasteiger partial charge in [0.2, 0.25) is 53.2 Å². The van der Waals surface area contributed by atoms with Gasteiger partial charge in [-0.05, 0) is 77.0 Å². The molecule has 0 aliphatic rings. The molecule has 0 aromatic heterocycles. The summed E-state index contributed by atoms with van der Waals surface area (Å²) in [6.45, 7) is 13.5. The fourth-order valence-corrected chi connectivity index (χ4v) is 5.86. The number of nitrogens with one attached hydrogen (secondary N) is 8. The Balaban J connectivity index is 3.17. The smallest absolute Gasteiger partial charge is 0.326 e. The summed E-state index contributed by atoms with van der Waals surface area (Å²) >= 11 is 0. The Hall–Kier alpha value is -6.36. The van der Waals surface area contributed by atoms with E-state index < -0.39 is 126 Å². The Kier molecular flexibility index (Phi) is 22.9. The Morgan fingerprint density at radius 1 is 0.516 bits per heavy atom. The van der Waals surface area contributed by atoms with Crippen molar-refractivity contribution in [2.24, 2.45) is 23.3 Å². The van der Waals surface area contributed by atoms with E-state index in [1.807, 2.05) is 0 Å². The minimum absolute atomic E-state index is 0.0507. The summed E-state index contributed by atoms with van der Waals surface area (Å²) in [7, 11) is 0. The molecule has 0 radical (unpaired) electrons. The molecular weight excluding hydrogens is 841 g/mol. The summed E-state index contributed by atoms with van der Waals surface area (Å²) in [5.41, 5.74) is 11.5. The maximum atomic E-state index is 13.9. The van der Waals surface area contributed by atoms with Gasteiger partial charge in [-0.25, -0.2) is 4.79 Å². The molecule has 1 rings (SSSR count). The van der Waals surface area contributed by atoms with Crippen LogP contribution in [-0.2, 0) is 54.4 Å². The number of primary amides is 1. The molecule has 0 bridgehead atoms. The normalized spacial score (nSPS) is 15.8. The first kappa shape index (κ1) is 55.7. The second kappa shape index (κ2) is 26.3. The lowest BCUT2D eigenvalue weighted by Crippen LogP contribution is -2.62. The van der Waals surface area contributed by atoms with Crippen molar-refractivity contribution < 1.29 is 63.3 Å². The molecule has 1 aromatic rings. The summed E-state index contributed by atoms with van der Waals surface area (Å²) in [5, 5.41) is 48.7. The number of aromatic hydroxyl groups is 1. The molecule has 0 spiro atoms. The van der Waals surface area contributed by atoms with Crippen LogP contribution in [0.4, 0.5) is 0 Å². The maximum absolute atomic E-state index is 13.9. The number of carboxylic acid groups (broad SMARTS) is 1. The maximum Gasteiger partial charge on any atom is 0.326 e. The predicted molar refractivity (Wildman–Crippen MR) is 230 cm³/mol. The van der Waals surface area contributed by atoms with Crippen LogP contribution in [0.5, 0.6) is 5.75 Å². The number of rotatable bonds is 26. The quantitative estimate of drug-likeness (QED) is 0.0432. The van der Waals surface area contributed by atoms with E-state index in [4.69, 9.17) is 11.5 Å². The van der Waals surface area contributed by atoms with Crippen molar-refractivity contribution in [3.63, 3.8) is 0 Å². The van der Waals surface area contributed by atoms with Gasteiger partial charge in [0.1, 0.15) is 54.1 Å². The Labute approximate surface area is 371 Å². The van der Waals surface area contributed by atoms with Gasteiger partial charge in [0.15, 0.2) is 0 Å². The lowest BCUT2D eigenvalue weighted by atomic mass is 10.0. The van der Waals surface area contributed by atoms with Gasteiger partial charge in [0, 0.05) is 6.42 Å². The number of aliphatic hydroxyl groups excluding tert-OH is 1. The summed E-state index contributed by atoms with van der Waals surface area (Å²) in [5.74, 6) is -9.75. The first-order valence-electron chi connectivity index (χ1n) is 20.8. The number of carbonyl (C=O) groups excluding carboxylic acids is 9. The SMILES string of the molecule is CC(C)C[C@H](NC(=O)[C@H](C)NC(=O)[C@H](C)NC(=O)[C@H](C)NC(=O)[C@@H](NC(=O)[C@H](CC(N)=O)NC(=O)[C@H](Cc1ccc(O)cc1)NC(=O)[C@H](CC(C)C)NC(=O)[C@H](C)N)[C@@H](C)O)C(=O)O. The number of aliphatic carboxylic acids is 1. The molecule has 0 aliphatic carbocycles. The van der Waals surface area contributed by atoms with E-state index in [1.54, 1.807) is 27.7 Å². The molecule has 358 valence electrons. The number of amides is 9. The molecule has 64 heavy (non-hydrogen) atoms. The molecule has 23 nitrogen and oxygen atoms in total. The predicted octanol–water partition coefficient (Wildman–Crippen LogP) is -3.35. The number of phenols is 1. The van der Waals surface area contributed by atoms with Gasteiger partial charge in [0.25, 0.3) is 0 Å². The number of carboxylic acids is 1. The van der Waals surface area contributed by atoms with Crippen LogP contribution in [0.3, 0.4) is 0 Å². The van der Waals surface area contributed by atoms with Crippen LogP contribution >= 0.6 is 0 Å². The summed E-state index contributed by atoms with van der Waals surface area (Å²) < 4.78 is 0. The second-order valence-electron chi connectivity index (χ2n) is 16.6. The molecule has 0 saturated carbocycles. The molecule has 10 atom stereocenters. The van der Waals surface area contributed by atoms with E-state index in [0.717, 1.165) is 6.92 Å². The number of carbonyl (C=O) groups is 10. The molecule has 0 saturated heterocycles. The van der Waals surface area contributed by atoms with E-state index >= 15 is 0 Å². The summed E-state index contributed by atoms with van der Waals surface area (Å²) in [6.07, 6.45) is -2.36. The highest BCUT2D eigenvalue weighted by Gasteiger charge is 2.35. The summed E-state index contributed by atoms with van der Waals surface area (Å²) in [6, 6.07) is -6.56. The van der Waals surface area contributed by atoms with Crippen LogP contribution < -0.4 is 54.0 Å². The minimum Gasteiger partial charge on any atom is -0.508 e. The Morgan fingerprint density at radius 3 is 1.34 bits per heavy atom. The van der Waals surface area contributed by atoms with E-state index in [9.17, 15) is 63.3 Å². The first-order valence-corrected chi connectivity index (χ1v) is 20.8. The molecular formula is C41H66N10O13. The molecule has 9 amide bonds. The molecule has 0 fully saturated rings. The van der Waals surface area contributed by atoms with E-state index in [2.05, 4.69) is 42.5 Å². The number of benzene rings is 1. The highest BCUT2D eigenvalue weighted by atomic mass is 16.4. The summed E-state index contributed by atoms with van der Waals surface area (Å²) in [4.78, 5) is 129. The second-order valence-corrected chi connectivity index (χ2v) is 16.6. The van der Waals surface area contributed by atoms with Crippen LogP contribution in [0.25, 0.3) is 0 Å². The number of nitrogens with two attached hydrogens (primary N) is 2. The van der Waals surface area contributed by atoms with E-state index in [1.165, 1.54) is 52.0 Å². The van der Waals surface area contributed by atoms with E-state index in [-0.39, 0.29) is 36.8 Å². The lowest BCUT2D eigenvalue weighted by Gasteiger charge is -2.28. The number of aliphatic hydroxyl groups is 1.